The number of hydrogen-bond acceptors (Lipinski definition) is 3. The summed E-state index contributed by atoms with van der Waals surface area (Å²) >= 11 is 0. The Morgan fingerprint density at radius 3 is 2.23 bits per heavy atom. The first-order valence-electron chi connectivity index (χ1n) is 10.3. The predicted molar refractivity (Wildman–Crippen MR) is 131 cm³/mol. The molecular weight excluding hydrogens is 404 g/mol. The molecule has 0 bridgehead atoms. The van der Waals surface area contributed by atoms with Crippen molar-refractivity contribution in [3.63, 3.8) is 0 Å². The summed E-state index contributed by atoms with van der Waals surface area (Å²) in [6.45, 7) is 4.46. The van der Waals surface area contributed by atoms with Crippen molar-refractivity contribution in [3.05, 3.63) is 71.8 Å². The Labute approximate surface area is 185 Å². The van der Waals surface area contributed by atoms with Crippen molar-refractivity contribution in [2.75, 3.05) is 32.3 Å². The van der Waals surface area contributed by atoms with Crippen molar-refractivity contribution in [2.24, 2.45) is 0 Å². The summed E-state index contributed by atoms with van der Waals surface area (Å²) in [7, 11) is 2.94. The normalized spacial score (nSPS) is 15.7. The fraction of sp³-hybridized carbons (Fsp3) is 0.269. The van der Waals surface area contributed by atoms with E-state index in [9.17, 15) is 8.42 Å². The molecule has 0 spiro atoms. The summed E-state index contributed by atoms with van der Waals surface area (Å²) in [6.07, 6.45) is 5.60. The molecule has 31 heavy (non-hydrogen) atoms. The largest absolute Gasteiger partial charge is 0.378 e. The van der Waals surface area contributed by atoms with E-state index in [2.05, 4.69) is 72.9 Å². The van der Waals surface area contributed by atoms with E-state index < -0.39 is 9.84 Å². The summed E-state index contributed by atoms with van der Waals surface area (Å²) in [4.78, 5) is 2.45. The first kappa shape index (κ1) is 21.3. The zero-order valence-corrected chi connectivity index (χ0v) is 19.8. The van der Waals surface area contributed by atoms with Crippen molar-refractivity contribution in [1.82, 2.24) is 0 Å². The van der Waals surface area contributed by atoms with Crippen molar-refractivity contribution in [2.45, 2.75) is 24.2 Å². The van der Waals surface area contributed by atoms with Crippen LogP contribution in [0.5, 0.6) is 0 Å². The molecule has 0 N–H and O–H groups in total. The van der Waals surface area contributed by atoms with Gasteiger partial charge in [-0.3, -0.25) is 0 Å². The lowest BCUT2D eigenvalue weighted by molar-refractivity contribution is -0.401. The van der Waals surface area contributed by atoms with Gasteiger partial charge in [0.1, 0.15) is 7.05 Å². The number of rotatable bonds is 4. The molecule has 0 atom stereocenters. The van der Waals surface area contributed by atoms with Crippen LogP contribution in [0.15, 0.2) is 65.6 Å². The van der Waals surface area contributed by atoms with E-state index >= 15 is 0 Å². The summed E-state index contributed by atoms with van der Waals surface area (Å²) in [5.41, 5.74) is 5.72. The van der Waals surface area contributed by atoms with Gasteiger partial charge in [0.25, 0.3) is 0 Å². The van der Waals surface area contributed by atoms with Gasteiger partial charge in [-0.2, -0.15) is 4.58 Å². The van der Waals surface area contributed by atoms with Crippen molar-refractivity contribution in [1.29, 1.82) is 0 Å². The Morgan fingerprint density at radius 1 is 0.935 bits per heavy atom. The first-order valence-corrected chi connectivity index (χ1v) is 12.2. The van der Waals surface area contributed by atoms with Crippen LogP contribution in [0.3, 0.4) is 0 Å². The predicted octanol–water partition coefficient (Wildman–Crippen LogP) is 5.03. The SMILES string of the molecule is CN(C)c1ccc(C=CC2=[N+](C)c3ccc4cc(S(C)(=O)=O)ccc4c3C2(C)C)cc1. The van der Waals surface area contributed by atoms with Gasteiger partial charge < -0.3 is 4.90 Å². The number of allylic oxidation sites excluding steroid dienone is 1. The first-order chi connectivity index (χ1) is 14.5. The van der Waals surface area contributed by atoms with Gasteiger partial charge in [-0.05, 0) is 66.6 Å². The quantitative estimate of drug-likeness (QED) is 0.542. The van der Waals surface area contributed by atoms with Gasteiger partial charge in [-0.15, -0.1) is 0 Å². The Hall–Kier alpha value is -2.92. The van der Waals surface area contributed by atoms with Crippen LogP contribution in [-0.4, -0.2) is 46.1 Å². The van der Waals surface area contributed by atoms with E-state index in [1.54, 1.807) is 12.1 Å². The van der Waals surface area contributed by atoms with Crippen molar-refractivity contribution >= 4 is 43.8 Å². The highest BCUT2D eigenvalue weighted by Crippen LogP contribution is 2.44. The van der Waals surface area contributed by atoms with Crippen LogP contribution >= 0.6 is 0 Å². The smallest absolute Gasteiger partial charge is 0.210 e. The van der Waals surface area contributed by atoms with Gasteiger partial charge >= 0.3 is 0 Å². The van der Waals surface area contributed by atoms with Gasteiger partial charge in [0, 0.05) is 43.7 Å². The average Bonchev–Trinajstić information content (AvgIpc) is 2.91. The Balaban J connectivity index is 1.77. The third-order valence-corrected chi connectivity index (χ3v) is 7.34. The molecular formula is C26H29N2O2S+. The molecule has 1 heterocycles. The highest BCUT2D eigenvalue weighted by molar-refractivity contribution is 7.90. The zero-order valence-electron chi connectivity index (χ0n) is 19.0. The lowest BCUT2D eigenvalue weighted by Crippen LogP contribution is -2.26. The molecule has 3 aromatic rings. The number of benzene rings is 3. The fourth-order valence-corrected chi connectivity index (χ4v) is 5.18. The second-order valence-corrected chi connectivity index (χ2v) is 11.0. The van der Waals surface area contributed by atoms with Gasteiger partial charge in [-0.25, -0.2) is 8.42 Å². The molecule has 0 saturated carbocycles. The second-order valence-electron chi connectivity index (χ2n) is 9.00. The molecule has 5 heteroatoms. The molecule has 1 aliphatic heterocycles. The maximum Gasteiger partial charge on any atom is 0.210 e. The van der Waals surface area contributed by atoms with Gasteiger partial charge in [0.2, 0.25) is 5.69 Å². The van der Waals surface area contributed by atoms with Crippen LogP contribution in [0.1, 0.15) is 25.0 Å². The standard InChI is InChI=1S/C26H29N2O2S/c1-26(2)24(16-9-18-7-11-20(12-8-18)27(3)4)28(5)23-15-10-19-17-21(31(6,29)30)13-14-22(19)25(23)26/h7-17H,1-6H3/q+1. The molecule has 0 saturated heterocycles. The minimum absolute atomic E-state index is 0.212. The summed E-state index contributed by atoms with van der Waals surface area (Å²) in [6, 6.07) is 18.1. The number of anilines is 1. The molecule has 0 radical (unpaired) electrons. The van der Waals surface area contributed by atoms with E-state index in [1.807, 2.05) is 26.2 Å². The van der Waals surface area contributed by atoms with Crippen LogP contribution in [-0.2, 0) is 15.3 Å². The minimum atomic E-state index is -3.24. The zero-order chi connectivity index (χ0) is 22.6. The Kier molecular flexibility index (Phi) is 5.05. The van der Waals surface area contributed by atoms with E-state index in [4.69, 9.17) is 0 Å². The average molecular weight is 434 g/mol. The maximum absolute atomic E-state index is 12.0. The topological polar surface area (TPSA) is 40.4 Å². The van der Waals surface area contributed by atoms with Crippen molar-refractivity contribution in [3.8, 4) is 0 Å². The van der Waals surface area contributed by atoms with E-state index in [1.165, 1.54) is 23.2 Å². The minimum Gasteiger partial charge on any atom is -0.378 e. The van der Waals surface area contributed by atoms with Crippen LogP contribution in [0.2, 0.25) is 0 Å². The fourth-order valence-electron chi connectivity index (χ4n) is 4.52. The summed E-state index contributed by atoms with van der Waals surface area (Å²) < 4.78 is 26.2. The van der Waals surface area contributed by atoms with Crippen molar-refractivity contribution < 1.29 is 13.0 Å². The molecule has 0 aliphatic carbocycles. The second kappa shape index (κ2) is 7.34. The number of hydrogen-bond donors (Lipinski definition) is 0. The lowest BCUT2D eigenvalue weighted by Gasteiger charge is -2.18. The summed E-state index contributed by atoms with van der Waals surface area (Å²) in [5.74, 6) is 0. The molecule has 1 aliphatic rings. The number of nitrogens with zero attached hydrogens (tertiary/aromatic N) is 2. The molecule has 4 nitrogen and oxygen atoms in total. The molecule has 0 fully saturated rings. The highest BCUT2D eigenvalue weighted by atomic mass is 32.2. The summed E-state index contributed by atoms with van der Waals surface area (Å²) in [5, 5.41) is 2.05. The Morgan fingerprint density at radius 2 is 1.61 bits per heavy atom. The van der Waals surface area contributed by atoms with Crippen LogP contribution in [0, 0.1) is 0 Å². The Bertz CT molecular complexity index is 1350. The van der Waals surface area contributed by atoms with E-state index in [0.29, 0.717) is 4.90 Å². The molecule has 3 aromatic carbocycles. The van der Waals surface area contributed by atoms with E-state index in [0.717, 1.165) is 22.0 Å². The number of fused-ring (bicyclic) bond motifs is 3. The third kappa shape index (κ3) is 3.68. The van der Waals surface area contributed by atoms with Gasteiger partial charge in [0.15, 0.2) is 15.5 Å². The monoisotopic (exact) mass is 433 g/mol. The molecule has 4 rings (SSSR count). The third-order valence-electron chi connectivity index (χ3n) is 6.23. The van der Waals surface area contributed by atoms with E-state index in [-0.39, 0.29) is 5.41 Å². The van der Waals surface area contributed by atoms with Gasteiger partial charge in [-0.1, -0.05) is 18.2 Å². The lowest BCUT2D eigenvalue weighted by atomic mass is 9.79. The molecule has 0 amide bonds. The van der Waals surface area contributed by atoms with Crippen LogP contribution in [0.4, 0.5) is 11.4 Å². The van der Waals surface area contributed by atoms with Crippen LogP contribution in [0.25, 0.3) is 16.8 Å². The molecule has 0 unspecified atom stereocenters. The molecule has 160 valence electrons. The maximum atomic E-state index is 12.0. The van der Waals surface area contributed by atoms with Crippen LogP contribution < -0.4 is 4.90 Å². The van der Waals surface area contributed by atoms with Gasteiger partial charge in [0.05, 0.1) is 10.3 Å². The number of sulfone groups is 1. The molecule has 0 aromatic heterocycles. The highest BCUT2D eigenvalue weighted by Gasteiger charge is 2.44.